The summed E-state index contributed by atoms with van der Waals surface area (Å²) in [6, 6.07) is 14.5. The van der Waals surface area contributed by atoms with Crippen LogP contribution >= 0.6 is 22.9 Å². The summed E-state index contributed by atoms with van der Waals surface area (Å²) in [5.74, 6) is -0.501. The number of nitrogens with one attached hydrogen (secondary N) is 2. The van der Waals surface area contributed by atoms with Gasteiger partial charge < -0.3 is 10.6 Å². The van der Waals surface area contributed by atoms with Gasteiger partial charge in [0.15, 0.2) is 0 Å². The van der Waals surface area contributed by atoms with Crippen molar-refractivity contribution in [2.45, 2.75) is 26.2 Å². The fourth-order valence-corrected chi connectivity index (χ4v) is 4.95. The van der Waals surface area contributed by atoms with Crippen molar-refractivity contribution in [3.8, 4) is 0 Å². The van der Waals surface area contributed by atoms with Gasteiger partial charge in [0.2, 0.25) is 0 Å². The Labute approximate surface area is 172 Å². The normalized spacial score (nSPS) is 12.5. The molecule has 1 heterocycles. The van der Waals surface area contributed by atoms with Gasteiger partial charge in [-0.3, -0.25) is 9.59 Å². The zero-order chi connectivity index (χ0) is 19.7. The van der Waals surface area contributed by atoms with Crippen molar-refractivity contribution in [1.29, 1.82) is 0 Å². The number of aryl methyl sites for hydroxylation is 2. The van der Waals surface area contributed by atoms with Crippen LogP contribution in [0.25, 0.3) is 0 Å². The Kier molecular flexibility index (Phi) is 5.20. The van der Waals surface area contributed by atoms with Gasteiger partial charge in [0, 0.05) is 10.6 Å². The molecule has 0 radical (unpaired) electrons. The predicted molar refractivity (Wildman–Crippen MR) is 115 cm³/mol. The van der Waals surface area contributed by atoms with Crippen LogP contribution in [0, 0.1) is 6.92 Å². The SMILES string of the molecule is Cc1ccccc1NC(=O)c1c(NC(=O)c2ccccc2Cl)sc2c1CCC2. The van der Waals surface area contributed by atoms with Crippen molar-refractivity contribution in [1.82, 2.24) is 0 Å². The van der Waals surface area contributed by atoms with Crippen molar-refractivity contribution in [2.24, 2.45) is 0 Å². The van der Waals surface area contributed by atoms with Crippen molar-refractivity contribution >= 4 is 45.4 Å². The minimum Gasteiger partial charge on any atom is -0.322 e. The Morgan fingerprint density at radius 3 is 2.50 bits per heavy atom. The van der Waals surface area contributed by atoms with Crippen molar-refractivity contribution in [3.05, 3.63) is 80.7 Å². The maximum Gasteiger partial charge on any atom is 0.258 e. The quantitative estimate of drug-likeness (QED) is 0.579. The first-order valence-electron chi connectivity index (χ1n) is 9.12. The van der Waals surface area contributed by atoms with Gasteiger partial charge in [-0.05, 0) is 55.5 Å². The second-order valence-corrected chi connectivity index (χ2v) is 8.28. The Hall–Kier alpha value is -2.63. The van der Waals surface area contributed by atoms with Crippen LogP contribution in [0.2, 0.25) is 5.02 Å². The second-order valence-electron chi connectivity index (χ2n) is 6.76. The van der Waals surface area contributed by atoms with Gasteiger partial charge in [0.05, 0.1) is 16.1 Å². The smallest absolute Gasteiger partial charge is 0.258 e. The molecule has 1 aromatic heterocycles. The number of carbonyl (C=O) groups is 2. The van der Waals surface area contributed by atoms with Gasteiger partial charge in [-0.25, -0.2) is 0 Å². The van der Waals surface area contributed by atoms with E-state index in [2.05, 4.69) is 10.6 Å². The van der Waals surface area contributed by atoms with Crippen LogP contribution in [-0.2, 0) is 12.8 Å². The van der Waals surface area contributed by atoms with E-state index in [0.29, 0.717) is 21.2 Å². The average molecular weight is 411 g/mol. The number of thiophene rings is 1. The molecule has 0 saturated carbocycles. The van der Waals surface area contributed by atoms with Crippen molar-refractivity contribution in [3.63, 3.8) is 0 Å². The maximum atomic E-state index is 13.1. The van der Waals surface area contributed by atoms with Crippen LogP contribution in [0.5, 0.6) is 0 Å². The molecule has 0 unspecified atom stereocenters. The fourth-order valence-electron chi connectivity index (χ4n) is 3.45. The lowest BCUT2D eigenvalue weighted by Gasteiger charge is -2.11. The number of hydrogen-bond acceptors (Lipinski definition) is 3. The molecule has 0 atom stereocenters. The number of halogens is 1. The Bertz CT molecular complexity index is 1070. The number of carbonyl (C=O) groups excluding carboxylic acids is 2. The Balaban J connectivity index is 1.66. The zero-order valence-electron chi connectivity index (χ0n) is 15.3. The molecule has 0 spiro atoms. The van der Waals surface area contributed by atoms with E-state index in [0.717, 1.165) is 36.1 Å². The maximum absolute atomic E-state index is 13.1. The number of benzene rings is 2. The molecule has 0 bridgehead atoms. The van der Waals surface area contributed by atoms with Crippen LogP contribution in [0.4, 0.5) is 10.7 Å². The lowest BCUT2D eigenvalue weighted by atomic mass is 10.1. The molecule has 1 aliphatic carbocycles. The summed E-state index contributed by atoms with van der Waals surface area (Å²) in [6.45, 7) is 1.95. The number of hydrogen-bond donors (Lipinski definition) is 2. The third kappa shape index (κ3) is 3.55. The fraction of sp³-hybridized carbons (Fsp3) is 0.182. The van der Waals surface area contributed by atoms with E-state index in [1.807, 2.05) is 31.2 Å². The van der Waals surface area contributed by atoms with Crippen molar-refractivity contribution in [2.75, 3.05) is 10.6 Å². The first-order valence-corrected chi connectivity index (χ1v) is 10.3. The van der Waals surface area contributed by atoms with Gasteiger partial charge in [-0.15, -0.1) is 11.3 Å². The average Bonchev–Trinajstić information content (AvgIpc) is 3.24. The minimum atomic E-state index is -0.310. The van der Waals surface area contributed by atoms with E-state index in [1.54, 1.807) is 24.3 Å². The predicted octanol–water partition coefficient (Wildman–Crippen LogP) is 5.70. The molecule has 6 heteroatoms. The monoisotopic (exact) mass is 410 g/mol. The molecule has 2 aromatic carbocycles. The van der Waals surface area contributed by atoms with Crippen LogP contribution in [-0.4, -0.2) is 11.8 Å². The number of amides is 2. The van der Waals surface area contributed by atoms with Crippen LogP contribution in [0.3, 0.4) is 0 Å². The summed E-state index contributed by atoms with van der Waals surface area (Å²) in [7, 11) is 0. The largest absolute Gasteiger partial charge is 0.322 e. The number of fused-ring (bicyclic) bond motifs is 1. The molecule has 0 aliphatic heterocycles. The lowest BCUT2D eigenvalue weighted by molar-refractivity contribution is 0.102. The molecule has 2 amide bonds. The van der Waals surface area contributed by atoms with Crippen LogP contribution < -0.4 is 10.6 Å². The second kappa shape index (κ2) is 7.78. The highest BCUT2D eigenvalue weighted by Crippen LogP contribution is 2.40. The number of rotatable bonds is 4. The molecular formula is C22H19ClN2O2S. The summed E-state index contributed by atoms with van der Waals surface area (Å²) in [6.07, 6.45) is 2.82. The third-order valence-corrected chi connectivity index (χ3v) is 6.42. The summed E-state index contributed by atoms with van der Waals surface area (Å²) in [5.41, 5.74) is 3.77. The molecule has 4 nitrogen and oxygen atoms in total. The van der Waals surface area contributed by atoms with E-state index in [-0.39, 0.29) is 11.8 Å². The molecular weight excluding hydrogens is 392 g/mol. The molecule has 0 fully saturated rings. The molecule has 4 rings (SSSR count). The highest BCUT2D eigenvalue weighted by molar-refractivity contribution is 7.17. The van der Waals surface area contributed by atoms with Gasteiger partial charge in [0.25, 0.3) is 11.8 Å². The summed E-state index contributed by atoms with van der Waals surface area (Å²) in [4.78, 5) is 27.0. The number of para-hydroxylation sites is 1. The molecule has 1 aliphatic rings. The topological polar surface area (TPSA) is 58.2 Å². The van der Waals surface area contributed by atoms with Crippen LogP contribution in [0.1, 0.15) is 43.1 Å². The Morgan fingerprint density at radius 2 is 1.71 bits per heavy atom. The number of anilines is 2. The Morgan fingerprint density at radius 1 is 0.964 bits per heavy atom. The van der Waals surface area contributed by atoms with E-state index < -0.39 is 0 Å². The van der Waals surface area contributed by atoms with E-state index in [4.69, 9.17) is 11.6 Å². The first-order chi connectivity index (χ1) is 13.5. The summed E-state index contributed by atoms with van der Waals surface area (Å²) in [5, 5.41) is 6.88. The minimum absolute atomic E-state index is 0.192. The summed E-state index contributed by atoms with van der Waals surface area (Å²) >= 11 is 7.64. The van der Waals surface area contributed by atoms with Gasteiger partial charge in [-0.2, -0.15) is 0 Å². The highest BCUT2D eigenvalue weighted by atomic mass is 35.5. The van der Waals surface area contributed by atoms with Gasteiger partial charge >= 0.3 is 0 Å². The molecule has 28 heavy (non-hydrogen) atoms. The molecule has 2 N–H and O–H groups in total. The zero-order valence-corrected chi connectivity index (χ0v) is 16.9. The standard InChI is InChI=1S/C22H19ClN2O2S/c1-13-7-2-5-11-17(13)24-21(27)19-15-9-6-12-18(15)28-22(19)25-20(26)14-8-3-4-10-16(14)23/h2-5,7-8,10-11H,6,9,12H2,1H3,(H,24,27)(H,25,26). The third-order valence-electron chi connectivity index (χ3n) is 4.89. The molecule has 142 valence electrons. The molecule has 0 saturated heterocycles. The summed E-state index contributed by atoms with van der Waals surface area (Å²) < 4.78 is 0. The van der Waals surface area contributed by atoms with E-state index >= 15 is 0 Å². The molecule has 3 aromatic rings. The van der Waals surface area contributed by atoms with Gasteiger partial charge in [0.1, 0.15) is 5.00 Å². The highest BCUT2D eigenvalue weighted by Gasteiger charge is 2.28. The van der Waals surface area contributed by atoms with E-state index in [9.17, 15) is 9.59 Å². The van der Waals surface area contributed by atoms with Crippen molar-refractivity contribution < 1.29 is 9.59 Å². The lowest BCUT2D eigenvalue weighted by Crippen LogP contribution is -2.18. The first kappa shape index (κ1) is 18.7. The van der Waals surface area contributed by atoms with E-state index in [1.165, 1.54) is 16.2 Å². The van der Waals surface area contributed by atoms with Crippen LogP contribution in [0.15, 0.2) is 48.5 Å². The van der Waals surface area contributed by atoms with Gasteiger partial charge in [-0.1, -0.05) is 41.9 Å².